The van der Waals surface area contributed by atoms with Crippen LogP contribution in [0.5, 0.6) is 0 Å². The van der Waals surface area contributed by atoms with Crippen molar-refractivity contribution in [1.29, 1.82) is 0 Å². The van der Waals surface area contributed by atoms with Gasteiger partial charge in [0.15, 0.2) is 5.11 Å². The number of halogens is 1. The maximum absolute atomic E-state index is 5.98. The minimum absolute atomic E-state index is 0.529. The number of hydrogen-bond donors (Lipinski definition) is 3. The maximum Gasteiger partial charge on any atom is 0.185 e. The molecule has 0 atom stereocenters. The number of thiocarbonyl (C=S) groups is 1. The summed E-state index contributed by atoms with van der Waals surface area (Å²) in [6, 6.07) is 11.4. The van der Waals surface area contributed by atoms with E-state index >= 15 is 0 Å². The Morgan fingerprint density at radius 1 is 1.29 bits per heavy atom. The zero-order chi connectivity index (χ0) is 14.7. The molecule has 21 heavy (non-hydrogen) atoms. The molecular formula is C15H14ClN3OS. The molecule has 0 fully saturated rings. The Morgan fingerprint density at radius 2 is 2.14 bits per heavy atom. The average molecular weight is 320 g/mol. The molecule has 1 aromatic heterocycles. The van der Waals surface area contributed by atoms with Crippen LogP contribution in [0.2, 0.25) is 5.02 Å². The van der Waals surface area contributed by atoms with Crippen LogP contribution in [-0.2, 0) is 6.54 Å². The van der Waals surface area contributed by atoms with Gasteiger partial charge in [-0.05, 0) is 36.5 Å². The summed E-state index contributed by atoms with van der Waals surface area (Å²) in [5.41, 5.74) is 8.03. The van der Waals surface area contributed by atoms with Crippen LogP contribution in [-0.4, -0.2) is 5.11 Å². The largest absolute Gasteiger partial charge is 0.460 e. The molecule has 1 aliphatic rings. The van der Waals surface area contributed by atoms with E-state index in [1.165, 1.54) is 0 Å². The van der Waals surface area contributed by atoms with Crippen molar-refractivity contribution in [2.45, 2.75) is 13.0 Å². The summed E-state index contributed by atoms with van der Waals surface area (Å²) < 4.78 is 5.76. The number of rotatable bonds is 5. The predicted octanol–water partition coefficient (Wildman–Crippen LogP) is 3.36. The predicted molar refractivity (Wildman–Crippen MR) is 87.6 cm³/mol. The lowest BCUT2D eigenvalue weighted by molar-refractivity contribution is 0.485. The van der Waals surface area contributed by atoms with Crippen LogP contribution < -0.4 is 16.2 Å². The fraction of sp³-hybridized carbons (Fsp3) is 0.133. The van der Waals surface area contributed by atoms with Gasteiger partial charge in [-0.25, -0.2) is 5.43 Å². The summed E-state index contributed by atoms with van der Waals surface area (Å²) in [5, 5.41) is 4.30. The summed E-state index contributed by atoms with van der Waals surface area (Å²) in [6.07, 6.45) is 3.06. The SMILES string of the molecule is S=C(NNCc1ccc(-c2cccc(Cl)c2)o1)NC1=CC1. The Morgan fingerprint density at radius 3 is 2.90 bits per heavy atom. The van der Waals surface area contributed by atoms with Crippen LogP contribution in [0.25, 0.3) is 11.3 Å². The fourth-order valence-corrected chi connectivity index (χ4v) is 2.21. The van der Waals surface area contributed by atoms with Crippen molar-refractivity contribution in [3.8, 4) is 11.3 Å². The molecule has 0 amide bonds. The van der Waals surface area contributed by atoms with E-state index in [4.69, 9.17) is 28.2 Å². The van der Waals surface area contributed by atoms with Gasteiger partial charge in [-0.15, -0.1) is 0 Å². The average Bonchev–Trinajstić information content (AvgIpc) is 3.14. The van der Waals surface area contributed by atoms with Gasteiger partial charge in [0.25, 0.3) is 0 Å². The van der Waals surface area contributed by atoms with E-state index in [9.17, 15) is 0 Å². The van der Waals surface area contributed by atoms with Crippen LogP contribution in [0.4, 0.5) is 0 Å². The van der Waals surface area contributed by atoms with Gasteiger partial charge < -0.3 is 9.73 Å². The highest BCUT2D eigenvalue weighted by molar-refractivity contribution is 7.80. The molecular weight excluding hydrogens is 306 g/mol. The van der Waals surface area contributed by atoms with Crippen LogP contribution in [0.1, 0.15) is 12.2 Å². The van der Waals surface area contributed by atoms with Crippen LogP contribution >= 0.6 is 23.8 Å². The van der Waals surface area contributed by atoms with Crippen LogP contribution in [0.15, 0.2) is 52.6 Å². The molecule has 1 aliphatic carbocycles. The zero-order valence-electron chi connectivity index (χ0n) is 11.2. The molecule has 0 bridgehead atoms. The first kappa shape index (κ1) is 14.1. The summed E-state index contributed by atoms with van der Waals surface area (Å²) in [4.78, 5) is 0. The second kappa shape index (κ2) is 6.30. The standard InChI is InChI=1S/C15H14ClN3OS/c16-11-3-1-2-10(8-11)14-7-6-13(20-14)9-17-19-15(21)18-12-4-5-12/h1-4,6-8,17H,5,9H2,(H2,18,19,21). The van der Waals surface area contributed by atoms with Gasteiger partial charge in [-0.2, -0.15) is 0 Å². The number of nitrogens with one attached hydrogen (secondary N) is 3. The summed E-state index contributed by atoms with van der Waals surface area (Å²) in [5.74, 6) is 1.60. The third-order valence-electron chi connectivity index (χ3n) is 2.92. The van der Waals surface area contributed by atoms with E-state index < -0.39 is 0 Å². The zero-order valence-corrected chi connectivity index (χ0v) is 12.7. The Balaban J connectivity index is 1.52. The first-order valence-corrected chi connectivity index (χ1v) is 7.33. The first-order chi connectivity index (χ1) is 10.2. The van der Waals surface area contributed by atoms with Crippen molar-refractivity contribution in [2.75, 3.05) is 0 Å². The van der Waals surface area contributed by atoms with E-state index in [-0.39, 0.29) is 0 Å². The Kier molecular flexibility index (Phi) is 4.24. The van der Waals surface area contributed by atoms with Crippen molar-refractivity contribution in [3.63, 3.8) is 0 Å². The highest BCUT2D eigenvalue weighted by Crippen LogP contribution is 2.24. The van der Waals surface area contributed by atoms with Crippen molar-refractivity contribution >= 4 is 28.9 Å². The Labute approximate surface area is 133 Å². The molecule has 0 saturated heterocycles. The Bertz CT molecular complexity index is 696. The third kappa shape index (κ3) is 4.07. The third-order valence-corrected chi connectivity index (χ3v) is 3.36. The second-order valence-corrected chi connectivity index (χ2v) is 5.49. The maximum atomic E-state index is 5.98. The minimum atomic E-state index is 0.529. The lowest BCUT2D eigenvalue weighted by Gasteiger charge is -2.08. The topological polar surface area (TPSA) is 49.2 Å². The quantitative estimate of drug-likeness (QED) is 0.583. The number of benzene rings is 1. The van der Waals surface area contributed by atoms with Gasteiger partial charge >= 0.3 is 0 Å². The molecule has 6 heteroatoms. The summed E-state index contributed by atoms with van der Waals surface area (Å²) in [6.45, 7) is 0.529. The number of allylic oxidation sites excluding steroid dienone is 2. The van der Waals surface area contributed by atoms with E-state index in [1.54, 1.807) is 0 Å². The number of hydrogen-bond acceptors (Lipinski definition) is 3. The van der Waals surface area contributed by atoms with Gasteiger partial charge in [0.05, 0.1) is 6.54 Å². The van der Waals surface area contributed by atoms with Crippen LogP contribution in [0, 0.1) is 0 Å². The number of hydrazine groups is 1. The molecule has 3 N–H and O–H groups in total. The number of furan rings is 1. The van der Waals surface area contributed by atoms with E-state index in [0.29, 0.717) is 16.7 Å². The van der Waals surface area contributed by atoms with E-state index in [0.717, 1.165) is 29.2 Å². The smallest absolute Gasteiger partial charge is 0.185 e. The van der Waals surface area contributed by atoms with Gasteiger partial charge in [0, 0.05) is 22.7 Å². The first-order valence-electron chi connectivity index (χ1n) is 6.54. The van der Waals surface area contributed by atoms with E-state index in [1.807, 2.05) is 36.4 Å². The Hall–Kier alpha value is -1.82. The van der Waals surface area contributed by atoms with E-state index in [2.05, 4.69) is 22.2 Å². The molecule has 0 spiro atoms. The lowest BCUT2D eigenvalue weighted by Crippen LogP contribution is -2.42. The van der Waals surface area contributed by atoms with Crippen molar-refractivity contribution < 1.29 is 4.42 Å². The molecule has 1 aromatic carbocycles. The second-order valence-electron chi connectivity index (χ2n) is 4.64. The fourth-order valence-electron chi connectivity index (χ4n) is 1.81. The molecule has 0 radical (unpaired) electrons. The summed E-state index contributed by atoms with van der Waals surface area (Å²) in [7, 11) is 0. The van der Waals surface area contributed by atoms with Crippen molar-refractivity contribution in [1.82, 2.24) is 16.2 Å². The highest BCUT2D eigenvalue weighted by Gasteiger charge is 2.08. The summed E-state index contributed by atoms with van der Waals surface area (Å²) >= 11 is 11.1. The monoisotopic (exact) mass is 319 g/mol. The van der Waals surface area contributed by atoms with Gasteiger partial charge in [0.2, 0.25) is 0 Å². The van der Waals surface area contributed by atoms with Crippen molar-refractivity contribution in [3.05, 3.63) is 59.0 Å². The lowest BCUT2D eigenvalue weighted by atomic mass is 10.2. The van der Waals surface area contributed by atoms with Crippen LogP contribution in [0.3, 0.4) is 0 Å². The van der Waals surface area contributed by atoms with Gasteiger partial charge in [0.1, 0.15) is 11.5 Å². The normalized spacial score (nSPS) is 12.7. The highest BCUT2D eigenvalue weighted by atomic mass is 35.5. The molecule has 2 aromatic rings. The van der Waals surface area contributed by atoms with Gasteiger partial charge in [-0.1, -0.05) is 29.8 Å². The molecule has 0 saturated carbocycles. The van der Waals surface area contributed by atoms with Gasteiger partial charge in [-0.3, -0.25) is 5.43 Å². The molecule has 4 nitrogen and oxygen atoms in total. The molecule has 108 valence electrons. The molecule has 1 heterocycles. The molecule has 3 rings (SSSR count). The minimum Gasteiger partial charge on any atom is -0.460 e. The van der Waals surface area contributed by atoms with Crippen molar-refractivity contribution in [2.24, 2.45) is 0 Å². The molecule has 0 aliphatic heterocycles. The molecule has 0 unspecified atom stereocenters.